The highest BCUT2D eigenvalue weighted by molar-refractivity contribution is 5.84. The van der Waals surface area contributed by atoms with Gasteiger partial charge in [0.1, 0.15) is 0 Å². The second kappa shape index (κ2) is 6.19. The van der Waals surface area contributed by atoms with Crippen molar-refractivity contribution in [2.75, 3.05) is 7.11 Å². The maximum absolute atomic E-state index is 5.30. The Morgan fingerprint density at radius 3 is 2.61 bits per heavy atom. The molecule has 0 spiro atoms. The molecule has 1 aromatic carbocycles. The molecule has 2 heteroatoms. The molecule has 0 fully saturated rings. The lowest BCUT2D eigenvalue weighted by molar-refractivity contribution is 0.398. The Labute approximate surface area is 139 Å². The van der Waals surface area contributed by atoms with Crippen molar-refractivity contribution in [1.82, 2.24) is 4.98 Å². The van der Waals surface area contributed by atoms with Crippen LogP contribution in [0.5, 0.6) is 5.88 Å². The smallest absolute Gasteiger partial charge is 0.213 e. The normalized spacial score (nSPS) is 16.3. The zero-order valence-electron chi connectivity index (χ0n) is 14.5. The molecule has 2 nitrogen and oxygen atoms in total. The summed E-state index contributed by atoms with van der Waals surface area (Å²) in [7, 11) is 1.66. The number of nitrogens with zero attached hydrogens (tertiary/aromatic N) is 1. The van der Waals surface area contributed by atoms with Crippen LogP contribution in [0.3, 0.4) is 0 Å². The second-order valence-electron chi connectivity index (χ2n) is 6.86. The number of ether oxygens (including phenoxy) is 1. The summed E-state index contributed by atoms with van der Waals surface area (Å²) in [5.41, 5.74) is 6.88. The number of benzene rings is 1. The van der Waals surface area contributed by atoms with Gasteiger partial charge in [-0.3, -0.25) is 0 Å². The van der Waals surface area contributed by atoms with Crippen LogP contribution in [0, 0.1) is 5.41 Å². The third-order valence-corrected chi connectivity index (χ3v) is 4.88. The van der Waals surface area contributed by atoms with E-state index in [9.17, 15) is 0 Å². The number of aryl methyl sites for hydroxylation is 1. The van der Waals surface area contributed by atoms with E-state index in [0.717, 1.165) is 18.4 Å². The Hall–Kier alpha value is -2.09. The zero-order valence-corrected chi connectivity index (χ0v) is 14.5. The first-order valence-corrected chi connectivity index (χ1v) is 8.39. The molecule has 0 atom stereocenters. The monoisotopic (exact) mass is 307 g/mol. The molecule has 1 aliphatic rings. The van der Waals surface area contributed by atoms with Crippen molar-refractivity contribution in [3.05, 3.63) is 53.7 Å². The first kappa shape index (κ1) is 15.8. The molecule has 2 aromatic rings. The Balaban J connectivity index is 2.17. The minimum absolute atomic E-state index is 0.234. The fourth-order valence-corrected chi connectivity index (χ4v) is 3.44. The molecule has 1 aliphatic carbocycles. The fraction of sp³-hybridized carbons (Fsp3) is 0.381. The summed E-state index contributed by atoms with van der Waals surface area (Å²) in [4.78, 5) is 4.24. The Kier molecular flexibility index (Phi) is 4.25. The number of hydrogen-bond donors (Lipinski definition) is 0. The number of methoxy groups -OCH3 is 1. The van der Waals surface area contributed by atoms with Crippen LogP contribution in [-0.4, -0.2) is 12.1 Å². The second-order valence-corrected chi connectivity index (χ2v) is 6.86. The molecule has 3 rings (SSSR count). The molecule has 23 heavy (non-hydrogen) atoms. The quantitative estimate of drug-likeness (QED) is 0.741. The highest BCUT2D eigenvalue weighted by Gasteiger charge is 2.29. The van der Waals surface area contributed by atoms with E-state index in [-0.39, 0.29) is 5.41 Å². The number of aromatic nitrogens is 1. The van der Waals surface area contributed by atoms with Crippen LogP contribution in [0.4, 0.5) is 0 Å². The van der Waals surface area contributed by atoms with Gasteiger partial charge >= 0.3 is 0 Å². The summed E-state index contributed by atoms with van der Waals surface area (Å²) < 4.78 is 5.30. The molecule has 120 valence electrons. The molecule has 1 aromatic heterocycles. The van der Waals surface area contributed by atoms with Crippen molar-refractivity contribution in [3.8, 4) is 17.0 Å². The van der Waals surface area contributed by atoms with Gasteiger partial charge in [-0.1, -0.05) is 45.0 Å². The lowest BCUT2D eigenvalue weighted by Crippen LogP contribution is -2.10. The third kappa shape index (κ3) is 3.03. The van der Waals surface area contributed by atoms with Gasteiger partial charge in [0.25, 0.3) is 0 Å². The van der Waals surface area contributed by atoms with Crippen LogP contribution >= 0.6 is 0 Å². The molecule has 0 saturated carbocycles. The van der Waals surface area contributed by atoms with E-state index < -0.39 is 0 Å². The third-order valence-electron chi connectivity index (χ3n) is 4.88. The lowest BCUT2D eigenvalue weighted by Gasteiger charge is -2.25. The molecule has 1 heterocycles. The summed E-state index contributed by atoms with van der Waals surface area (Å²) in [6.45, 7) is 6.91. The lowest BCUT2D eigenvalue weighted by atomic mass is 9.79. The molecular formula is C21H25NO. The Morgan fingerprint density at radius 2 is 1.96 bits per heavy atom. The van der Waals surface area contributed by atoms with Gasteiger partial charge in [-0.25, -0.2) is 4.98 Å². The Morgan fingerprint density at radius 1 is 1.13 bits per heavy atom. The van der Waals surface area contributed by atoms with Gasteiger partial charge in [-0.05, 0) is 58.6 Å². The van der Waals surface area contributed by atoms with Gasteiger partial charge in [0, 0.05) is 12.3 Å². The van der Waals surface area contributed by atoms with E-state index in [4.69, 9.17) is 4.74 Å². The number of pyridine rings is 1. The molecule has 0 aliphatic heterocycles. The summed E-state index contributed by atoms with van der Waals surface area (Å²) in [6, 6.07) is 10.9. The highest BCUT2D eigenvalue weighted by Crippen LogP contribution is 2.47. The molecular weight excluding hydrogens is 282 g/mol. The standard InChI is InChI=1S/C21H25NO/c1-5-15-8-9-17(16-10-12-22-20(14-16)23-4)18(13-15)19-7-6-11-21(19,2)3/h7-10,12-14H,5-6,11H2,1-4H3. The van der Waals surface area contributed by atoms with E-state index >= 15 is 0 Å². The molecule has 0 N–H and O–H groups in total. The van der Waals surface area contributed by atoms with Crippen LogP contribution < -0.4 is 4.74 Å². The molecule has 0 radical (unpaired) electrons. The van der Waals surface area contributed by atoms with Crippen LogP contribution in [0.15, 0.2) is 42.6 Å². The van der Waals surface area contributed by atoms with Crippen LogP contribution in [0.2, 0.25) is 0 Å². The van der Waals surface area contributed by atoms with Gasteiger partial charge in [0.15, 0.2) is 0 Å². The minimum atomic E-state index is 0.234. The van der Waals surface area contributed by atoms with E-state index in [1.54, 1.807) is 7.11 Å². The van der Waals surface area contributed by atoms with Crippen molar-refractivity contribution < 1.29 is 4.74 Å². The summed E-state index contributed by atoms with van der Waals surface area (Å²) in [6.07, 6.45) is 7.67. The maximum atomic E-state index is 5.30. The van der Waals surface area contributed by atoms with Crippen LogP contribution in [-0.2, 0) is 6.42 Å². The number of rotatable bonds is 4. The van der Waals surface area contributed by atoms with E-state index in [2.05, 4.69) is 56.1 Å². The zero-order chi connectivity index (χ0) is 16.4. The van der Waals surface area contributed by atoms with Gasteiger partial charge in [-0.15, -0.1) is 0 Å². The molecule has 0 bridgehead atoms. The summed E-state index contributed by atoms with van der Waals surface area (Å²) in [5, 5.41) is 0. The van der Waals surface area contributed by atoms with Crippen LogP contribution in [0.25, 0.3) is 16.7 Å². The minimum Gasteiger partial charge on any atom is -0.481 e. The van der Waals surface area contributed by atoms with Crippen molar-refractivity contribution in [1.29, 1.82) is 0 Å². The van der Waals surface area contributed by atoms with E-state index in [0.29, 0.717) is 5.88 Å². The maximum Gasteiger partial charge on any atom is 0.213 e. The largest absolute Gasteiger partial charge is 0.481 e. The molecule has 0 unspecified atom stereocenters. The predicted molar refractivity (Wildman–Crippen MR) is 96.6 cm³/mol. The number of hydrogen-bond acceptors (Lipinski definition) is 2. The first-order chi connectivity index (χ1) is 11.0. The van der Waals surface area contributed by atoms with E-state index in [1.807, 2.05) is 12.3 Å². The van der Waals surface area contributed by atoms with Gasteiger partial charge in [0.2, 0.25) is 5.88 Å². The van der Waals surface area contributed by atoms with Crippen molar-refractivity contribution in [3.63, 3.8) is 0 Å². The van der Waals surface area contributed by atoms with Gasteiger partial charge in [-0.2, -0.15) is 0 Å². The molecule has 0 saturated heterocycles. The first-order valence-electron chi connectivity index (χ1n) is 8.39. The SMILES string of the molecule is CCc1ccc(-c2ccnc(OC)c2)c(C2=CCCC2(C)C)c1. The fourth-order valence-electron chi connectivity index (χ4n) is 3.44. The topological polar surface area (TPSA) is 22.1 Å². The van der Waals surface area contributed by atoms with Crippen LogP contribution in [0.1, 0.15) is 44.7 Å². The number of allylic oxidation sites excluding steroid dienone is 2. The van der Waals surface area contributed by atoms with E-state index in [1.165, 1.54) is 28.7 Å². The van der Waals surface area contributed by atoms with Crippen molar-refractivity contribution in [2.24, 2.45) is 5.41 Å². The summed E-state index contributed by atoms with van der Waals surface area (Å²) in [5.74, 6) is 0.660. The van der Waals surface area contributed by atoms with Gasteiger partial charge in [0.05, 0.1) is 7.11 Å². The predicted octanol–water partition coefficient (Wildman–Crippen LogP) is 5.52. The van der Waals surface area contributed by atoms with Crippen molar-refractivity contribution in [2.45, 2.75) is 40.0 Å². The Bertz CT molecular complexity index is 743. The highest BCUT2D eigenvalue weighted by atomic mass is 16.5. The average molecular weight is 307 g/mol. The average Bonchev–Trinajstić information content (AvgIpc) is 2.93. The van der Waals surface area contributed by atoms with Crippen molar-refractivity contribution >= 4 is 5.57 Å². The van der Waals surface area contributed by atoms with Gasteiger partial charge < -0.3 is 4.74 Å². The summed E-state index contributed by atoms with van der Waals surface area (Å²) >= 11 is 0. The molecule has 0 amide bonds.